The predicted molar refractivity (Wildman–Crippen MR) is 101 cm³/mol. The van der Waals surface area contributed by atoms with Gasteiger partial charge in [0.2, 0.25) is 5.91 Å². The van der Waals surface area contributed by atoms with Gasteiger partial charge in [-0.2, -0.15) is 0 Å². The van der Waals surface area contributed by atoms with Crippen LogP contribution in [0.3, 0.4) is 0 Å². The van der Waals surface area contributed by atoms with Gasteiger partial charge in [0.25, 0.3) is 10.0 Å². The number of nitrogens with one attached hydrogen (secondary N) is 1. The first-order valence-electron chi connectivity index (χ1n) is 7.36. The summed E-state index contributed by atoms with van der Waals surface area (Å²) in [5.41, 5.74) is 1.81. The van der Waals surface area contributed by atoms with Crippen LogP contribution < -0.4 is 5.32 Å². The SMILES string of the molecule is Cc1ccc(NC(=O)CCCN(C)S(=O)(=O)c2cccs2)c(Br)c1. The second-order valence-electron chi connectivity index (χ2n) is 5.39. The van der Waals surface area contributed by atoms with Gasteiger partial charge in [0, 0.05) is 24.5 Å². The van der Waals surface area contributed by atoms with E-state index in [-0.39, 0.29) is 12.3 Å². The highest BCUT2D eigenvalue weighted by atomic mass is 79.9. The molecule has 0 bridgehead atoms. The quantitative estimate of drug-likeness (QED) is 0.724. The Hall–Kier alpha value is -1.22. The van der Waals surface area contributed by atoms with Crippen LogP contribution >= 0.6 is 27.3 Å². The molecule has 0 fully saturated rings. The van der Waals surface area contributed by atoms with Gasteiger partial charge in [-0.15, -0.1) is 11.3 Å². The minimum absolute atomic E-state index is 0.138. The number of sulfonamides is 1. The van der Waals surface area contributed by atoms with E-state index in [0.29, 0.717) is 22.9 Å². The second-order valence-corrected chi connectivity index (χ2v) is 9.47. The lowest BCUT2D eigenvalue weighted by atomic mass is 10.2. The molecule has 5 nitrogen and oxygen atoms in total. The Balaban J connectivity index is 1.84. The Morgan fingerprint density at radius 2 is 2.08 bits per heavy atom. The average molecular weight is 431 g/mol. The zero-order valence-electron chi connectivity index (χ0n) is 13.5. The lowest BCUT2D eigenvalue weighted by Gasteiger charge is -2.15. The summed E-state index contributed by atoms with van der Waals surface area (Å²) < 4.78 is 27.0. The smallest absolute Gasteiger partial charge is 0.252 e. The molecule has 24 heavy (non-hydrogen) atoms. The molecule has 0 saturated heterocycles. The van der Waals surface area contributed by atoms with Crippen LogP contribution in [-0.4, -0.2) is 32.2 Å². The van der Waals surface area contributed by atoms with Crippen LogP contribution in [0.1, 0.15) is 18.4 Å². The zero-order chi connectivity index (χ0) is 17.7. The molecule has 1 heterocycles. The fraction of sp³-hybridized carbons (Fsp3) is 0.312. The van der Waals surface area contributed by atoms with Gasteiger partial charge in [-0.1, -0.05) is 12.1 Å². The number of amides is 1. The van der Waals surface area contributed by atoms with E-state index in [1.54, 1.807) is 17.5 Å². The Morgan fingerprint density at radius 1 is 1.33 bits per heavy atom. The van der Waals surface area contributed by atoms with Gasteiger partial charge in [-0.3, -0.25) is 4.79 Å². The highest BCUT2D eigenvalue weighted by Gasteiger charge is 2.21. The van der Waals surface area contributed by atoms with E-state index in [1.165, 1.54) is 22.7 Å². The van der Waals surface area contributed by atoms with Gasteiger partial charge >= 0.3 is 0 Å². The maximum atomic E-state index is 12.3. The summed E-state index contributed by atoms with van der Waals surface area (Å²) in [6.45, 7) is 2.27. The standard InChI is InChI=1S/C16H19BrN2O3S2/c1-12-7-8-14(13(17)11-12)18-15(20)5-3-9-19(2)24(21,22)16-6-4-10-23-16/h4,6-8,10-11H,3,5,9H2,1-2H3,(H,18,20). The van der Waals surface area contributed by atoms with E-state index in [1.807, 2.05) is 25.1 Å². The monoisotopic (exact) mass is 430 g/mol. The maximum absolute atomic E-state index is 12.3. The number of carbonyl (C=O) groups excluding carboxylic acids is 1. The number of halogens is 1. The van der Waals surface area contributed by atoms with Gasteiger partial charge in [0.05, 0.1) is 5.69 Å². The van der Waals surface area contributed by atoms with Crippen LogP contribution in [0.4, 0.5) is 5.69 Å². The molecule has 0 spiro atoms. The maximum Gasteiger partial charge on any atom is 0.252 e. The van der Waals surface area contributed by atoms with E-state index in [9.17, 15) is 13.2 Å². The van der Waals surface area contributed by atoms with Crippen molar-refractivity contribution in [3.05, 3.63) is 45.7 Å². The van der Waals surface area contributed by atoms with Crippen molar-refractivity contribution in [1.82, 2.24) is 4.31 Å². The van der Waals surface area contributed by atoms with Crippen molar-refractivity contribution in [2.45, 2.75) is 24.0 Å². The Bertz CT molecular complexity index is 805. The van der Waals surface area contributed by atoms with Gasteiger partial charge < -0.3 is 5.32 Å². The molecule has 2 rings (SSSR count). The molecule has 0 atom stereocenters. The molecule has 1 N–H and O–H groups in total. The summed E-state index contributed by atoms with van der Waals surface area (Å²) in [6.07, 6.45) is 0.709. The number of thiophene rings is 1. The van der Waals surface area contributed by atoms with Gasteiger partial charge in [-0.05, 0) is 58.4 Å². The third-order valence-corrected chi connectivity index (χ3v) is 7.32. The summed E-state index contributed by atoms with van der Waals surface area (Å²) in [5, 5.41) is 4.56. The van der Waals surface area contributed by atoms with Crippen LogP contribution in [0.15, 0.2) is 44.4 Å². The molecule has 0 radical (unpaired) electrons. The summed E-state index contributed by atoms with van der Waals surface area (Å²) in [4.78, 5) is 12.0. The first-order valence-corrected chi connectivity index (χ1v) is 10.5. The molecule has 130 valence electrons. The fourth-order valence-corrected chi connectivity index (χ4v) is 5.08. The normalized spacial score (nSPS) is 11.7. The molecule has 0 aliphatic rings. The average Bonchev–Trinajstić information content (AvgIpc) is 3.05. The van der Waals surface area contributed by atoms with Crippen LogP contribution in [0.25, 0.3) is 0 Å². The van der Waals surface area contributed by atoms with Gasteiger partial charge in [0.1, 0.15) is 4.21 Å². The number of nitrogens with zero attached hydrogens (tertiary/aromatic N) is 1. The number of hydrogen-bond donors (Lipinski definition) is 1. The van der Waals surface area contributed by atoms with Crippen molar-refractivity contribution in [3.8, 4) is 0 Å². The number of anilines is 1. The predicted octanol–water partition coefficient (Wildman–Crippen LogP) is 3.86. The van der Waals surface area contributed by atoms with Crippen molar-refractivity contribution < 1.29 is 13.2 Å². The van der Waals surface area contributed by atoms with E-state index in [0.717, 1.165) is 10.0 Å². The first-order chi connectivity index (χ1) is 11.3. The number of carbonyl (C=O) groups is 1. The summed E-state index contributed by atoms with van der Waals surface area (Å²) in [5.74, 6) is -0.138. The molecule has 1 aromatic heterocycles. The van der Waals surface area contributed by atoms with Crippen LogP contribution in [0.5, 0.6) is 0 Å². The highest BCUT2D eigenvalue weighted by molar-refractivity contribution is 9.10. The molecular formula is C16H19BrN2O3S2. The van der Waals surface area contributed by atoms with Crippen molar-refractivity contribution in [3.63, 3.8) is 0 Å². The summed E-state index contributed by atoms with van der Waals surface area (Å²) >= 11 is 4.60. The Labute approximate surface area is 154 Å². The van der Waals surface area contributed by atoms with Crippen LogP contribution in [0.2, 0.25) is 0 Å². The fourth-order valence-electron chi connectivity index (χ4n) is 2.08. The third-order valence-electron chi connectivity index (χ3n) is 3.44. The second kappa shape index (κ2) is 8.24. The number of aryl methyl sites for hydroxylation is 1. The number of benzene rings is 1. The van der Waals surface area contributed by atoms with Crippen molar-refractivity contribution in [1.29, 1.82) is 0 Å². The molecule has 0 aliphatic heterocycles. The molecule has 1 aromatic carbocycles. The highest BCUT2D eigenvalue weighted by Crippen LogP contribution is 2.24. The van der Waals surface area contributed by atoms with E-state index >= 15 is 0 Å². The Morgan fingerprint density at radius 3 is 2.71 bits per heavy atom. The first kappa shape index (κ1) is 19.1. The lowest BCUT2D eigenvalue weighted by molar-refractivity contribution is -0.116. The summed E-state index contributed by atoms with van der Waals surface area (Å²) in [7, 11) is -1.92. The largest absolute Gasteiger partial charge is 0.325 e. The van der Waals surface area contributed by atoms with E-state index < -0.39 is 10.0 Å². The van der Waals surface area contributed by atoms with Gasteiger partial charge in [-0.25, -0.2) is 12.7 Å². The van der Waals surface area contributed by atoms with Crippen LogP contribution in [-0.2, 0) is 14.8 Å². The lowest BCUT2D eigenvalue weighted by Crippen LogP contribution is -2.28. The van der Waals surface area contributed by atoms with Crippen LogP contribution in [0, 0.1) is 6.92 Å². The van der Waals surface area contributed by atoms with E-state index in [4.69, 9.17) is 0 Å². The minimum Gasteiger partial charge on any atom is -0.325 e. The van der Waals surface area contributed by atoms with Crippen molar-refractivity contribution in [2.24, 2.45) is 0 Å². The summed E-state index contributed by atoms with van der Waals surface area (Å²) in [6, 6.07) is 8.97. The zero-order valence-corrected chi connectivity index (χ0v) is 16.7. The van der Waals surface area contributed by atoms with Crippen molar-refractivity contribution >= 4 is 48.9 Å². The molecular weight excluding hydrogens is 412 g/mol. The van der Waals surface area contributed by atoms with E-state index in [2.05, 4.69) is 21.2 Å². The number of rotatable bonds is 7. The minimum atomic E-state index is -3.45. The molecule has 0 saturated carbocycles. The molecule has 0 unspecified atom stereocenters. The van der Waals surface area contributed by atoms with Crippen molar-refractivity contribution in [2.75, 3.05) is 18.9 Å². The molecule has 0 aliphatic carbocycles. The van der Waals surface area contributed by atoms with Gasteiger partial charge in [0.15, 0.2) is 0 Å². The topological polar surface area (TPSA) is 66.5 Å². The Kier molecular flexibility index (Phi) is 6.56. The molecule has 8 heteroatoms. The number of hydrogen-bond acceptors (Lipinski definition) is 4. The molecule has 2 aromatic rings. The third kappa shape index (κ3) is 4.89. The molecule has 1 amide bonds.